The van der Waals surface area contributed by atoms with E-state index in [4.69, 9.17) is 13.9 Å². The molecule has 1 N–H and O–H groups in total. The average molecular weight is 360 g/mol. The van der Waals surface area contributed by atoms with Gasteiger partial charge >= 0.3 is 0 Å². The molecule has 0 fully saturated rings. The first-order valence-corrected chi connectivity index (χ1v) is 8.67. The summed E-state index contributed by atoms with van der Waals surface area (Å²) in [4.78, 5) is 4.53. The van der Waals surface area contributed by atoms with Gasteiger partial charge in [0.15, 0.2) is 17.1 Å². The first-order chi connectivity index (χ1) is 13.3. The van der Waals surface area contributed by atoms with Gasteiger partial charge in [0.25, 0.3) is 0 Å². The van der Waals surface area contributed by atoms with Crippen LogP contribution >= 0.6 is 0 Å². The zero-order valence-corrected chi connectivity index (χ0v) is 15.2. The van der Waals surface area contributed by atoms with Crippen molar-refractivity contribution in [1.29, 1.82) is 0 Å². The molecule has 3 aromatic carbocycles. The number of hydrogen-bond acceptors (Lipinski definition) is 5. The summed E-state index contributed by atoms with van der Waals surface area (Å²) in [6, 6.07) is 21.7. The summed E-state index contributed by atoms with van der Waals surface area (Å²) < 4.78 is 16.4. The van der Waals surface area contributed by atoms with Crippen molar-refractivity contribution in [3.05, 3.63) is 72.3 Å². The molecule has 1 heterocycles. The van der Waals surface area contributed by atoms with Crippen LogP contribution in [0.4, 0.5) is 5.69 Å². The lowest BCUT2D eigenvalue weighted by Crippen LogP contribution is -2.00. The second-order valence-corrected chi connectivity index (χ2v) is 6.11. The van der Waals surface area contributed by atoms with E-state index in [1.54, 1.807) is 14.2 Å². The number of aromatic nitrogens is 1. The van der Waals surface area contributed by atoms with Crippen LogP contribution in [-0.2, 0) is 6.54 Å². The molecule has 5 heteroatoms. The molecular weight excluding hydrogens is 340 g/mol. The number of anilines is 1. The highest BCUT2D eigenvalue weighted by molar-refractivity contribution is 5.76. The third kappa shape index (κ3) is 3.58. The van der Waals surface area contributed by atoms with Crippen LogP contribution in [0.2, 0.25) is 0 Å². The number of methoxy groups -OCH3 is 2. The molecule has 0 radical (unpaired) electrons. The van der Waals surface area contributed by atoms with Crippen LogP contribution in [0, 0.1) is 0 Å². The Morgan fingerprint density at radius 1 is 0.889 bits per heavy atom. The zero-order chi connectivity index (χ0) is 18.6. The molecule has 0 spiro atoms. The van der Waals surface area contributed by atoms with Gasteiger partial charge in [0.05, 0.1) is 14.2 Å². The maximum absolute atomic E-state index is 5.81. The number of ether oxygens (including phenoxy) is 2. The molecule has 0 saturated heterocycles. The first kappa shape index (κ1) is 17.0. The fourth-order valence-electron chi connectivity index (χ4n) is 2.92. The van der Waals surface area contributed by atoms with Gasteiger partial charge in [-0.2, -0.15) is 0 Å². The van der Waals surface area contributed by atoms with Gasteiger partial charge in [0.2, 0.25) is 5.89 Å². The molecule has 0 saturated carbocycles. The normalized spacial score (nSPS) is 10.7. The lowest BCUT2D eigenvalue weighted by molar-refractivity contribution is 0.354. The highest BCUT2D eigenvalue weighted by atomic mass is 16.5. The molecule has 0 aliphatic carbocycles. The lowest BCUT2D eigenvalue weighted by atomic mass is 10.1. The molecule has 0 aliphatic rings. The molecule has 4 rings (SSSR count). The fraction of sp³-hybridized carbons (Fsp3) is 0.136. The summed E-state index contributed by atoms with van der Waals surface area (Å²) in [6.07, 6.45) is 0. The van der Waals surface area contributed by atoms with E-state index in [1.807, 2.05) is 66.7 Å². The predicted molar refractivity (Wildman–Crippen MR) is 106 cm³/mol. The molecule has 0 bridgehead atoms. The number of nitrogens with one attached hydrogen (secondary N) is 1. The second kappa shape index (κ2) is 7.41. The van der Waals surface area contributed by atoms with Gasteiger partial charge in [-0.05, 0) is 54.1 Å². The maximum atomic E-state index is 5.81. The van der Waals surface area contributed by atoms with Crippen molar-refractivity contribution < 1.29 is 13.9 Å². The van der Waals surface area contributed by atoms with Gasteiger partial charge in [0, 0.05) is 17.8 Å². The van der Waals surface area contributed by atoms with Gasteiger partial charge < -0.3 is 19.2 Å². The number of para-hydroxylation sites is 2. The van der Waals surface area contributed by atoms with Crippen LogP contribution in [0.25, 0.3) is 22.6 Å². The van der Waals surface area contributed by atoms with E-state index in [0.717, 1.165) is 39.4 Å². The molecule has 136 valence electrons. The molecule has 0 unspecified atom stereocenters. The van der Waals surface area contributed by atoms with E-state index in [1.165, 1.54) is 0 Å². The Balaban J connectivity index is 1.46. The van der Waals surface area contributed by atoms with Crippen molar-refractivity contribution in [2.24, 2.45) is 0 Å². The minimum Gasteiger partial charge on any atom is -0.493 e. The molecule has 0 aliphatic heterocycles. The van der Waals surface area contributed by atoms with Crippen LogP contribution in [0.15, 0.2) is 71.1 Å². The molecule has 5 nitrogen and oxygen atoms in total. The fourth-order valence-corrected chi connectivity index (χ4v) is 2.92. The number of oxazole rings is 1. The monoisotopic (exact) mass is 360 g/mol. The van der Waals surface area contributed by atoms with Crippen molar-refractivity contribution in [1.82, 2.24) is 4.98 Å². The quantitative estimate of drug-likeness (QED) is 0.517. The average Bonchev–Trinajstić information content (AvgIpc) is 3.16. The molecule has 1 aromatic heterocycles. The van der Waals surface area contributed by atoms with Gasteiger partial charge in [-0.1, -0.05) is 18.2 Å². The van der Waals surface area contributed by atoms with Crippen LogP contribution < -0.4 is 14.8 Å². The van der Waals surface area contributed by atoms with Crippen molar-refractivity contribution in [2.45, 2.75) is 6.54 Å². The standard InChI is InChI=1S/C22H20N2O3/c1-25-20-12-7-15(13-21(20)26-2)14-23-17-10-8-16(9-11-17)22-24-18-5-3-4-6-19(18)27-22/h3-13,23H,14H2,1-2H3. The van der Waals surface area contributed by atoms with E-state index < -0.39 is 0 Å². The Kier molecular flexibility index (Phi) is 4.66. The Labute approximate surface area is 157 Å². The van der Waals surface area contributed by atoms with Crippen molar-refractivity contribution in [2.75, 3.05) is 19.5 Å². The van der Waals surface area contributed by atoms with Crippen LogP contribution in [0.5, 0.6) is 11.5 Å². The van der Waals surface area contributed by atoms with Gasteiger partial charge in [-0.25, -0.2) is 4.98 Å². The van der Waals surface area contributed by atoms with Gasteiger partial charge in [-0.3, -0.25) is 0 Å². The smallest absolute Gasteiger partial charge is 0.227 e. The highest BCUT2D eigenvalue weighted by Gasteiger charge is 2.08. The van der Waals surface area contributed by atoms with E-state index >= 15 is 0 Å². The Morgan fingerprint density at radius 3 is 2.41 bits per heavy atom. The first-order valence-electron chi connectivity index (χ1n) is 8.67. The van der Waals surface area contributed by atoms with Crippen molar-refractivity contribution in [3.8, 4) is 23.0 Å². The SMILES string of the molecule is COc1ccc(CNc2ccc(-c3nc4ccccc4o3)cc2)cc1OC. The summed E-state index contributed by atoms with van der Waals surface area (Å²) in [5.74, 6) is 2.08. The number of nitrogens with zero attached hydrogens (tertiary/aromatic N) is 1. The summed E-state index contributed by atoms with van der Waals surface area (Å²) in [6.45, 7) is 0.683. The second-order valence-electron chi connectivity index (χ2n) is 6.11. The Morgan fingerprint density at radius 2 is 1.67 bits per heavy atom. The largest absolute Gasteiger partial charge is 0.493 e. The van der Waals surface area contributed by atoms with E-state index in [9.17, 15) is 0 Å². The number of fused-ring (bicyclic) bond motifs is 1. The van der Waals surface area contributed by atoms with E-state index in [2.05, 4.69) is 10.3 Å². The Hall–Kier alpha value is -3.47. The predicted octanol–water partition coefficient (Wildman–Crippen LogP) is 5.12. The third-order valence-electron chi connectivity index (χ3n) is 4.37. The van der Waals surface area contributed by atoms with Crippen LogP contribution in [-0.4, -0.2) is 19.2 Å². The van der Waals surface area contributed by atoms with Crippen LogP contribution in [0.1, 0.15) is 5.56 Å². The molecular formula is C22H20N2O3. The topological polar surface area (TPSA) is 56.5 Å². The van der Waals surface area contributed by atoms with E-state index in [0.29, 0.717) is 12.4 Å². The van der Waals surface area contributed by atoms with E-state index in [-0.39, 0.29) is 0 Å². The molecule has 0 amide bonds. The summed E-state index contributed by atoms with van der Waals surface area (Å²) in [7, 11) is 3.27. The molecule has 0 atom stereocenters. The molecule has 27 heavy (non-hydrogen) atoms. The number of rotatable bonds is 6. The van der Waals surface area contributed by atoms with Crippen LogP contribution in [0.3, 0.4) is 0 Å². The summed E-state index contributed by atoms with van der Waals surface area (Å²) in [5, 5.41) is 3.41. The number of benzene rings is 3. The summed E-state index contributed by atoms with van der Waals surface area (Å²) >= 11 is 0. The third-order valence-corrected chi connectivity index (χ3v) is 4.37. The minimum absolute atomic E-state index is 0.627. The zero-order valence-electron chi connectivity index (χ0n) is 15.2. The highest BCUT2D eigenvalue weighted by Crippen LogP contribution is 2.28. The summed E-state index contributed by atoms with van der Waals surface area (Å²) in [5.41, 5.74) is 4.73. The Bertz CT molecular complexity index is 1020. The minimum atomic E-state index is 0.627. The maximum Gasteiger partial charge on any atom is 0.227 e. The van der Waals surface area contributed by atoms with Crippen molar-refractivity contribution >= 4 is 16.8 Å². The molecule has 4 aromatic rings. The lowest BCUT2D eigenvalue weighted by Gasteiger charge is -2.11. The van der Waals surface area contributed by atoms with Gasteiger partial charge in [0.1, 0.15) is 5.52 Å². The van der Waals surface area contributed by atoms with Gasteiger partial charge in [-0.15, -0.1) is 0 Å². The number of hydrogen-bond donors (Lipinski definition) is 1. The van der Waals surface area contributed by atoms with Crippen molar-refractivity contribution in [3.63, 3.8) is 0 Å².